The molecule has 3 aromatic rings. The molecule has 1 heterocycles. The van der Waals surface area contributed by atoms with E-state index in [-0.39, 0.29) is 5.82 Å². The fourth-order valence-corrected chi connectivity index (χ4v) is 3.77. The molecule has 0 unspecified atom stereocenters. The molecule has 0 aliphatic carbocycles. The Hall–Kier alpha value is -2.73. The molecule has 30 heavy (non-hydrogen) atoms. The molecule has 0 saturated carbocycles. The van der Waals surface area contributed by atoms with Crippen molar-refractivity contribution in [3.8, 4) is 0 Å². The molecule has 0 spiro atoms. The van der Waals surface area contributed by atoms with Crippen molar-refractivity contribution in [1.29, 1.82) is 0 Å². The van der Waals surface area contributed by atoms with Gasteiger partial charge in [0.05, 0.1) is 6.33 Å². The lowest BCUT2D eigenvalue weighted by atomic mass is 10.0. The molecule has 0 radical (unpaired) electrons. The number of hydrogen-bond donors (Lipinski definition) is 1. The highest BCUT2D eigenvalue weighted by molar-refractivity contribution is 7.80. The van der Waals surface area contributed by atoms with Gasteiger partial charge in [-0.05, 0) is 60.3 Å². The Morgan fingerprint density at radius 2 is 1.80 bits per heavy atom. The maximum Gasteiger partial charge on any atom is 0.173 e. The first-order valence-corrected chi connectivity index (χ1v) is 10.9. The highest BCUT2D eigenvalue weighted by atomic mass is 32.1. The van der Waals surface area contributed by atoms with Crippen molar-refractivity contribution in [3.63, 3.8) is 0 Å². The Kier molecular flexibility index (Phi) is 7.97. The Morgan fingerprint density at radius 3 is 2.40 bits per heavy atom. The van der Waals surface area contributed by atoms with Gasteiger partial charge in [0.15, 0.2) is 5.11 Å². The SMILES string of the molecule is CCc1cccc(CC)c1NC(=S)N(CCCn1ccnc1)Cc1ccc(F)cc1. The molecule has 0 amide bonds. The van der Waals surface area contributed by atoms with Crippen molar-refractivity contribution in [1.82, 2.24) is 14.5 Å². The number of nitrogens with zero attached hydrogens (tertiary/aromatic N) is 3. The molecule has 0 atom stereocenters. The van der Waals surface area contributed by atoms with Crippen LogP contribution in [0.2, 0.25) is 0 Å². The summed E-state index contributed by atoms with van der Waals surface area (Å²) in [6, 6.07) is 13.0. The minimum Gasteiger partial charge on any atom is -0.345 e. The molecule has 1 aromatic heterocycles. The average molecular weight is 425 g/mol. The van der Waals surface area contributed by atoms with E-state index in [9.17, 15) is 4.39 Å². The topological polar surface area (TPSA) is 33.1 Å². The van der Waals surface area contributed by atoms with Gasteiger partial charge < -0.3 is 14.8 Å². The van der Waals surface area contributed by atoms with Crippen molar-refractivity contribution in [2.24, 2.45) is 0 Å². The van der Waals surface area contributed by atoms with Gasteiger partial charge in [-0.25, -0.2) is 9.37 Å². The largest absolute Gasteiger partial charge is 0.345 e. The van der Waals surface area contributed by atoms with Gasteiger partial charge in [0, 0.05) is 37.7 Å². The van der Waals surface area contributed by atoms with E-state index in [1.807, 2.05) is 24.7 Å². The third-order valence-corrected chi connectivity index (χ3v) is 5.57. The van der Waals surface area contributed by atoms with Crippen molar-refractivity contribution in [2.45, 2.75) is 46.2 Å². The zero-order valence-corrected chi connectivity index (χ0v) is 18.5. The molecule has 0 aliphatic heterocycles. The number of imidazole rings is 1. The minimum atomic E-state index is -0.226. The number of hydrogen-bond acceptors (Lipinski definition) is 2. The molecule has 6 heteroatoms. The van der Waals surface area contributed by atoms with Crippen molar-refractivity contribution in [2.75, 3.05) is 11.9 Å². The highest BCUT2D eigenvalue weighted by Gasteiger charge is 2.14. The first-order valence-electron chi connectivity index (χ1n) is 10.5. The number of rotatable bonds is 9. The Morgan fingerprint density at radius 1 is 1.10 bits per heavy atom. The van der Waals surface area contributed by atoms with Gasteiger partial charge in [0.2, 0.25) is 0 Å². The molecular weight excluding hydrogens is 395 g/mol. The fourth-order valence-electron chi connectivity index (χ4n) is 3.51. The van der Waals surface area contributed by atoms with E-state index in [0.717, 1.165) is 43.6 Å². The fraction of sp³-hybridized carbons (Fsp3) is 0.333. The quantitative estimate of drug-likeness (QED) is 0.464. The molecule has 0 aliphatic rings. The number of benzene rings is 2. The van der Waals surface area contributed by atoms with Gasteiger partial charge in [-0.15, -0.1) is 0 Å². The van der Waals surface area contributed by atoms with E-state index >= 15 is 0 Å². The number of halogens is 1. The van der Waals surface area contributed by atoms with E-state index in [1.165, 1.54) is 23.3 Å². The molecule has 158 valence electrons. The first-order chi connectivity index (χ1) is 14.6. The highest BCUT2D eigenvalue weighted by Crippen LogP contribution is 2.23. The van der Waals surface area contributed by atoms with Gasteiger partial charge in [-0.1, -0.05) is 44.2 Å². The monoisotopic (exact) mass is 424 g/mol. The molecule has 0 bridgehead atoms. The molecular formula is C24H29FN4S. The van der Waals surface area contributed by atoms with Crippen LogP contribution in [0.15, 0.2) is 61.2 Å². The van der Waals surface area contributed by atoms with Crippen molar-refractivity contribution < 1.29 is 4.39 Å². The molecule has 0 saturated heterocycles. The van der Waals surface area contributed by atoms with Crippen LogP contribution in [0.3, 0.4) is 0 Å². The van der Waals surface area contributed by atoms with Crippen LogP contribution in [0, 0.1) is 5.82 Å². The van der Waals surface area contributed by atoms with E-state index in [1.54, 1.807) is 6.20 Å². The number of para-hydroxylation sites is 1. The van der Waals surface area contributed by atoms with Crippen LogP contribution in [0.5, 0.6) is 0 Å². The van der Waals surface area contributed by atoms with Gasteiger partial charge in [-0.3, -0.25) is 0 Å². The zero-order chi connectivity index (χ0) is 21.3. The second kappa shape index (κ2) is 10.9. The molecule has 0 fully saturated rings. The van der Waals surface area contributed by atoms with Crippen LogP contribution in [0.25, 0.3) is 0 Å². The van der Waals surface area contributed by atoms with Crippen LogP contribution in [0.1, 0.15) is 37.0 Å². The molecule has 4 nitrogen and oxygen atoms in total. The summed E-state index contributed by atoms with van der Waals surface area (Å²) < 4.78 is 15.4. The lowest BCUT2D eigenvalue weighted by molar-refractivity contribution is 0.395. The summed E-state index contributed by atoms with van der Waals surface area (Å²) in [5.41, 5.74) is 4.67. The molecule has 1 N–H and O–H groups in total. The lowest BCUT2D eigenvalue weighted by Gasteiger charge is -2.27. The van der Waals surface area contributed by atoms with Gasteiger partial charge >= 0.3 is 0 Å². The van der Waals surface area contributed by atoms with Gasteiger partial charge in [0.25, 0.3) is 0 Å². The molecule has 2 aromatic carbocycles. The van der Waals surface area contributed by atoms with Crippen molar-refractivity contribution in [3.05, 3.63) is 83.7 Å². The minimum absolute atomic E-state index is 0.226. The number of thiocarbonyl (C=S) groups is 1. The summed E-state index contributed by atoms with van der Waals surface area (Å²) in [7, 11) is 0. The van der Waals surface area contributed by atoms with Crippen molar-refractivity contribution >= 4 is 23.0 Å². The summed E-state index contributed by atoms with van der Waals surface area (Å²) in [6.45, 7) is 6.60. The van der Waals surface area contributed by atoms with E-state index in [4.69, 9.17) is 12.2 Å². The number of aryl methyl sites for hydroxylation is 3. The third-order valence-electron chi connectivity index (χ3n) is 5.21. The summed E-state index contributed by atoms with van der Waals surface area (Å²) in [4.78, 5) is 6.26. The summed E-state index contributed by atoms with van der Waals surface area (Å²) in [5, 5.41) is 4.22. The van der Waals surface area contributed by atoms with Crippen LogP contribution >= 0.6 is 12.2 Å². The summed E-state index contributed by atoms with van der Waals surface area (Å²) in [5.74, 6) is -0.226. The maximum atomic E-state index is 13.3. The van der Waals surface area contributed by atoms with Crippen LogP contribution < -0.4 is 5.32 Å². The van der Waals surface area contributed by atoms with Gasteiger partial charge in [0.1, 0.15) is 5.82 Å². The van der Waals surface area contributed by atoms with E-state index in [2.05, 4.69) is 51.8 Å². The smallest absolute Gasteiger partial charge is 0.173 e. The predicted octanol–water partition coefficient (Wildman–Crippen LogP) is 5.44. The third kappa shape index (κ3) is 5.89. The Balaban J connectivity index is 1.75. The number of anilines is 1. The summed E-state index contributed by atoms with van der Waals surface area (Å²) >= 11 is 5.83. The predicted molar refractivity (Wildman–Crippen MR) is 125 cm³/mol. The number of aromatic nitrogens is 2. The van der Waals surface area contributed by atoms with E-state index < -0.39 is 0 Å². The summed E-state index contributed by atoms with van der Waals surface area (Å²) in [6.07, 6.45) is 8.39. The van der Waals surface area contributed by atoms with Crippen LogP contribution in [0.4, 0.5) is 10.1 Å². The normalized spacial score (nSPS) is 10.8. The maximum absolute atomic E-state index is 13.3. The van der Waals surface area contributed by atoms with E-state index in [0.29, 0.717) is 11.7 Å². The molecule has 3 rings (SSSR count). The standard InChI is InChI=1S/C24H29FN4S/c1-3-20-7-5-8-21(4-2)23(20)27-24(30)29(15-6-14-28-16-13-26-18-28)17-19-9-11-22(25)12-10-19/h5,7-13,16,18H,3-4,6,14-15,17H2,1-2H3,(H,27,30). The first kappa shape index (κ1) is 22.0. The second-order valence-corrected chi connectivity index (χ2v) is 7.68. The average Bonchev–Trinajstić information content (AvgIpc) is 3.28. The number of nitrogens with one attached hydrogen (secondary N) is 1. The second-order valence-electron chi connectivity index (χ2n) is 7.29. The zero-order valence-electron chi connectivity index (χ0n) is 17.6. The Labute approximate surface area is 183 Å². The van der Waals surface area contributed by atoms with Crippen LogP contribution in [-0.2, 0) is 25.9 Å². The Bertz CT molecular complexity index is 916. The lowest BCUT2D eigenvalue weighted by Crippen LogP contribution is -2.36. The van der Waals surface area contributed by atoms with Gasteiger partial charge in [-0.2, -0.15) is 0 Å². The van der Waals surface area contributed by atoms with Crippen LogP contribution in [-0.4, -0.2) is 26.1 Å².